The van der Waals surface area contributed by atoms with Gasteiger partial charge in [-0.3, -0.25) is 4.79 Å². The van der Waals surface area contributed by atoms with E-state index in [-0.39, 0.29) is 5.91 Å². The predicted octanol–water partition coefficient (Wildman–Crippen LogP) is 3.40. The van der Waals surface area contributed by atoms with E-state index in [1.54, 1.807) is 24.4 Å². The van der Waals surface area contributed by atoms with Crippen LogP contribution in [0.5, 0.6) is 0 Å². The number of benzene rings is 1. The molecule has 0 saturated heterocycles. The molecule has 1 heterocycles. The Morgan fingerprint density at radius 1 is 1.33 bits per heavy atom. The molecule has 0 spiro atoms. The number of amides is 1. The summed E-state index contributed by atoms with van der Waals surface area (Å²) in [6.45, 7) is 2.72. The second-order valence-corrected chi connectivity index (χ2v) is 4.95. The average molecular weight is 305 g/mol. The number of hydrogen-bond acceptors (Lipinski definition) is 4. The molecule has 0 bridgehead atoms. The summed E-state index contributed by atoms with van der Waals surface area (Å²) in [7, 11) is 0. The van der Waals surface area contributed by atoms with Crippen LogP contribution in [-0.2, 0) is 0 Å². The molecule has 0 aliphatic heterocycles. The fraction of sp³-hybridized carbons (Fsp3) is 0.267. The van der Waals surface area contributed by atoms with Gasteiger partial charge in [-0.15, -0.1) is 0 Å². The second kappa shape index (κ2) is 7.59. The molecule has 21 heavy (non-hydrogen) atoms. The maximum atomic E-state index is 11.9. The Hall–Kier alpha value is -2.14. The number of hydrogen-bond donors (Lipinski definition) is 2. The quantitative estimate of drug-likeness (QED) is 0.803. The van der Waals surface area contributed by atoms with Gasteiger partial charge in [-0.1, -0.05) is 31.0 Å². The van der Waals surface area contributed by atoms with Gasteiger partial charge in [-0.25, -0.2) is 9.97 Å². The van der Waals surface area contributed by atoms with Gasteiger partial charge >= 0.3 is 0 Å². The van der Waals surface area contributed by atoms with Gasteiger partial charge in [-0.05, 0) is 30.7 Å². The van der Waals surface area contributed by atoms with Crippen molar-refractivity contribution in [2.75, 3.05) is 11.9 Å². The molecule has 0 aliphatic carbocycles. The zero-order chi connectivity index (χ0) is 15.1. The predicted molar refractivity (Wildman–Crippen MR) is 84.0 cm³/mol. The topological polar surface area (TPSA) is 66.9 Å². The van der Waals surface area contributed by atoms with Gasteiger partial charge in [0, 0.05) is 23.5 Å². The Morgan fingerprint density at radius 2 is 2.19 bits per heavy atom. The Kier molecular flexibility index (Phi) is 5.51. The van der Waals surface area contributed by atoms with Gasteiger partial charge in [0.1, 0.15) is 5.69 Å². The maximum absolute atomic E-state index is 11.9. The van der Waals surface area contributed by atoms with Crippen molar-refractivity contribution in [3.05, 3.63) is 47.2 Å². The number of aromatic nitrogens is 2. The number of halogens is 1. The summed E-state index contributed by atoms with van der Waals surface area (Å²) in [5.74, 6) is 0.167. The highest BCUT2D eigenvalue weighted by Crippen LogP contribution is 2.17. The van der Waals surface area contributed by atoms with Crippen LogP contribution in [0.2, 0.25) is 5.02 Å². The first kappa shape index (κ1) is 15.3. The first-order valence-electron chi connectivity index (χ1n) is 6.83. The van der Waals surface area contributed by atoms with Crippen molar-refractivity contribution in [1.82, 2.24) is 15.3 Å². The summed E-state index contributed by atoms with van der Waals surface area (Å²) >= 11 is 5.92. The van der Waals surface area contributed by atoms with E-state index in [0.717, 1.165) is 18.5 Å². The number of carbonyl (C=O) groups excluding carboxylic acids is 1. The van der Waals surface area contributed by atoms with Crippen LogP contribution >= 0.6 is 11.6 Å². The van der Waals surface area contributed by atoms with Crippen LogP contribution in [0.25, 0.3) is 0 Å². The molecule has 5 nitrogen and oxygen atoms in total. The molecule has 1 aromatic heterocycles. The summed E-state index contributed by atoms with van der Waals surface area (Å²) < 4.78 is 0. The van der Waals surface area contributed by atoms with Crippen molar-refractivity contribution >= 4 is 29.1 Å². The van der Waals surface area contributed by atoms with Gasteiger partial charge in [-0.2, -0.15) is 0 Å². The fourth-order valence-electron chi connectivity index (χ4n) is 1.71. The van der Waals surface area contributed by atoms with Crippen molar-refractivity contribution in [3.63, 3.8) is 0 Å². The Balaban J connectivity index is 2.05. The SMILES string of the molecule is CCCCNC(=O)c1ccnc(Nc2cccc(Cl)c2)n1. The largest absolute Gasteiger partial charge is 0.351 e. The molecular weight excluding hydrogens is 288 g/mol. The summed E-state index contributed by atoms with van der Waals surface area (Å²) in [5, 5.41) is 6.46. The molecule has 0 atom stereocenters. The Morgan fingerprint density at radius 3 is 2.95 bits per heavy atom. The molecular formula is C15H17ClN4O. The molecule has 0 aliphatic rings. The number of anilines is 2. The van der Waals surface area contributed by atoms with Gasteiger partial charge in [0.15, 0.2) is 0 Å². The number of nitrogens with one attached hydrogen (secondary N) is 2. The number of rotatable bonds is 6. The maximum Gasteiger partial charge on any atom is 0.270 e. The fourth-order valence-corrected chi connectivity index (χ4v) is 1.90. The number of unbranched alkanes of at least 4 members (excludes halogenated alkanes) is 1. The lowest BCUT2D eigenvalue weighted by Crippen LogP contribution is -2.25. The summed E-state index contributed by atoms with van der Waals surface area (Å²) in [6.07, 6.45) is 3.53. The van der Waals surface area contributed by atoms with E-state index in [1.165, 1.54) is 0 Å². The molecule has 0 unspecified atom stereocenters. The third-order valence-electron chi connectivity index (χ3n) is 2.78. The van der Waals surface area contributed by atoms with E-state index in [4.69, 9.17) is 11.6 Å². The standard InChI is InChI=1S/C15H17ClN4O/c1-2-3-8-17-14(21)13-7-9-18-15(20-13)19-12-6-4-5-11(16)10-12/h4-7,9-10H,2-3,8H2,1H3,(H,17,21)(H,18,19,20). The molecule has 2 rings (SSSR count). The van der Waals surface area contributed by atoms with Crippen LogP contribution in [-0.4, -0.2) is 22.4 Å². The first-order valence-corrected chi connectivity index (χ1v) is 7.20. The zero-order valence-electron chi connectivity index (χ0n) is 11.8. The van der Waals surface area contributed by atoms with E-state index in [1.807, 2.05) is 12.1 Å². The van der Waals surface area contributed by atoms with E-state index in [9.17, 15) is 4.79 Å². The van der Waals surface area contributed by atoms with Gasteiger partial charge in [0.25, 0.3) is 5.91 Å². The zero-order valence-corrected chi connectivity index (χ0v) is 12.5. The van der Waals surface area contributed by atoms with Crippen LogP contribution in [0, 0.1) is 0 Å². The highest BCUT2D eigenvalue weighted by Gasteiger charge is 2.08. The van der Waals surface area contributed by atoms with Crippen molar-refractivity contribution in [2.45, 2.75) is 19.8 Å². The van der Waals surface area contributed by atoms with E-state index in [2.05, 4.69) is 27.5 Å². The van der Waals surface area contributed by atoms with Crippen LogP contribution < -0.4 is 10.6 Å². The third kappa shape index (κ3) is 4.72. The molecule has 110 valence electrons. The number of carbonyl (C=O) groups is 1. The Bertz CT molecular complexity index is 618. The average Bonchev–Trinajstić information content (AvgIpc) is 2.48. The molecule has 1 aromatic carbocycles. The van der Waals surface area contributed by atoms with E-state index in [0.29, 0.717) is 23.2 Å². The lowest BCUT2D eigenvalue weighted by atomic mass is 10.3. The normalized spacial score (nSPS) is 10.2. The Labute approximate surface area is 128 Å². The minimum atomic E-state index is -0.194. The summed E-state index contributed by atoms with van der Waals surface area (Å²) in [4.78, 5) is 20.2. The van der Waals surface area contributed by atoms with Crippen molar-refractivity contribution in [1.29, 1.82) is 0 Å². The lowest BCUT2D eigenvalue weighted by Gasteiger charge is -2.07. The van der Waals surface area contributed by atoms with E-state index >= 15 is 0 Å². The van der Waals surface area contributed by atoms with Crippen LogP contribution in [0.3, 0.4) is 0 Å². The monoisotopic (exact) mass is 304 g/mol. The van der Waals surface area contributed by atoms with E-state index < -0.39 is 0 Å². The lowest BCUT2D eigenvalue weighted by molar-refractivity contribution is 0.0948. The van der Waals surface area contributed by atoms with Gasteiger partial charge in [0.05, 0.1) is 0 Å². The minimum Gasteiger partial charge on any atom is -0.351 e. The molecule has 2 aromatic rings. The van der Waals surface area contributed by atoms with Gasteiger partial charge < -0.3 is 10.6 Å². The second-order valence-electron chi connectivity index (χ2n) is 4.51. The first-order chi connectivity index (χ1) is 10.2. The molecule has 0 radical (unpaired) electrons. The third-order valence-corrected chi connectivity index (χ3v) is 3.02. The van der Waals surface area contributed by atoms with Crippen molar-refractivity contribution < 1.29 is 4.79 Å². The molecule has 0 fully saturated rings. The smallest absolute Gasteiger partial charge is 0.270 e. The molecule has 1 amide bonds. The van der Waals surface area contributed by atoms with Crippen LogP contribution in [0.1, 0.15) is 30.3 Å². The highest BCUT2D eigenvalue weighted by atomic mass is 35.5. The van der Waals surface area contributed by atoms with Crippen molar-refractivity contribution in [3.8, 4) is 0 Å². The molecule has 2 N–H and O–H groups in total. The van der Waals surface area contributed by atoms with Crippen LogP contribution in [0.15, 0.2) is 36.5 Å². The molecule has 0 saturated carbocycles. The van der Waals surface area contributed by atoms with Crippen molar-refractivity contribution in [2.24, 2.45) is 0 Å². The highest BCUT2D eigenvalue weighted by molar-refractivity contribution is 6.30. The number of nitrogens with zero attached hydrogens (tertiary/aromatic N) is 2. The van der Waals surface area contributed by atoms with Crippen LogP contribution in [0.4, 0.5) is 11.6 Å². The minimum absolute atomic E-state index is 0.194. The van der Waals surface area contributed by atoms with Gasteiger partial charge in [0.2, 0.25) is 5.95 Å². The summed E-state index contributed by atoms with van der Waals surface area (Å²) in [5.41, 5.74) is 1.11. The molecule has 6 heteroatoms. The summed E-state index contributed by atoms with van der Waals surface area (Å²) in [6, 6.07) is 8.81.